The van der Waals surface area contributed by atoms with E-state index in [2.05, 4.69) is 5.32 Å². The monoisotopic (exact) mass is 589 g/mol. The Morgan fingerprint density at radius 3 is 2.13 bits per heavy atom. The van der Waals surface area contributed by atoms with Gasteiger partial charge < -0.3 is 10.2 Å². The summed E-state index contributed by atoms with van der Waals surface area (Å²) in [4.78, 5) is 28.4. The maximum absolute atomic E-state index is 13.9. The van der Waals surface area contributed by atoms with Gasteiger partial charge in [0, 0.05) is 17.6 Å². The molecule has 1 N–H and O–H groups in total. The van der Waals surface area contributed by atoms with E-state index in [0.29, 0.717) is 11.4 Å². The quantitative estimate of drug-likeness (QED) is 0.299. The molecular weight excluding hydrogens is 557 g/mol. The van der Waals surface area contributed by atoms with Gasteiger partial charge in [-0.15, -0.1) is 0 Å². The zero-order valence-corrected chi connectivity index (χ0v) is 24.5. The molecule has 0 aliphatic carbocycles. The Hall–Kier alpha value is -3.07. The molecule has 0 fully saturated rings. The third kappa shape index (κ3) is 7.97. The van der Waals surface area contributed by atoms with Crippen molar-refractivity contribution in [2.75, 3.05) is 17.4 Å². The number of nitrogens with zero attached hydrogens (tertiary/aromatic N) is 2. The zero-order chi connectivity index (χ0) is 28.6. The summed E-state index contributed by atoms with van der Waals surface area (Å²) in [6.45, 7) is 5.14. The summed E-state index contributed by atoms with van der Waals surface area (Å²) in [7, 11) is -4.20. The molecule has 3 aromatic rings. The maximum atomic E-state index is 13.9. The standard InChI is InChI=1S/C29H33Cl2N3O4S/c1-4-21(2)32-29(36)22(3)33(18-17-23-11-7-5-8-12-23)28(35)20-34(27-16-15-24(30)19-26(27)31)39(37,38)25-13-9-6-10-14-25/h5-16,19,21-22H,4,17-18,20H2,1-3H3,(H,32,36)/t21-,22+/m1/s1. The maximum Gasteiger partial charge on any atom is 0.264 e. The smallest absolute Gasteiger partial charge is 0.264 e. The molecule has 0 radical (unpaired) electrons. The zero-order valence-electron chi connectivity index (χ0n) is 22.2. The third-order valence-corrected chi connectivity index (χ3v) is 8.75. The number of benzene rings is 3. The second-order valence-corrected chi connectivity index (χ2v) is 11.9. The lowest BCUT2D eigenvalue weighted by Crippen LogP contribution is -2.53. The summed E-state index contributed by atoms with van der Waals surface area (Å²) in [5.74, 6) is -0.851. The van der Waals surface area contributed by atoms with Gasteiger partial charge in [-0.25, -0.2) is 8.42 Å². The summed E-state index contributed by atoms with van der Waals surface area (Å²) in [5.41, 5.74) is 1.09. The number of amides is 2. The number of hydrogen-bond donors (Lipinski definition) is 1. The highest BCUT2D eigenvalue weighted by Gasteiger charge is 2.33. The van der Waals surface area contributed by atoms with Crippen LogP contribution in [0.25, 0.3) is 0 Å². The minimum atomic E-state index is -4.20. The van der Waals surface area contributed by atoms with E-state index in [-0.39, 0.29) is 34.1 Å². The first-order valence-electron chi connectivity index (χ1n) is 12.7. The Balaban J connectivity index is 1.99. The summed E-state index contributed by atoms with van der Waals surface area (Å²) < 4.78 is 28.5. The Bertz CT molecular complexity index is 1370. The molecule has 39 heavy (non-hydrogen) atoms. The predicted octanol–water partition coefficient (Wildman–Crippen LogP) is 5.56. The van der Waals surface area contributed by atoms with Gasteiger partial charge in [-0.05, 0) is 62.6 Å². The van der Waals surface area contributed by atoms with Crippen LogP contribution in [0.5, 0.6) is 0 Å². The van der Waals surface area contributed by atoms with Crippen LogP contribution >= 0.6 is 23.2 Å². The van der Waals surface area contributed by atoms with Gasteiger partial charge in [-0.2, -0.15) is 0 Å². The molecule has 0 unspecified atom stereocenters. The Morgan fingerprint density at radius 1 is 0.923 bits per heavy atom. The second kappa shape index (κ2) is 13.8. The van der Waals surface area contributed by atoms with Crippen molar-refractivity contribution in [1.82, 2.24) is 10.2 Å². The minimum Gasteiger partial charge on any atom is -0.352 e. The Labute approximate surface area is 240 Å². The number of rotatable bonds is 12. The molecule has 0 saturated carbocycles. The van der Waals surface area contributed by atoms with Crippen molar-refractivity contribution >= 4 is 50.7 Å². The highest BCUT2D eigenvalue weighted by Crippen LogP contribution is 2.33. The van der Waals surface area contributed by atoms with Crippen molar-refractivity contribution in [3.8, 4) is 0 Å². The largest absolute Gasteiger partial charge is 0.352 e. The van der Waals surface area contributed by atoms with Gasteiger partial charge in [0.25, 0.3) is 10.0 Å². The Morgan fingerprint density at radius 2 is 1.54 bits per heavy atom. The first-order chi connectivity index (χ1) is 18.5. The predicted molar refractivity (Wildman–Crippen MR) is 157 cm³/mol. The first kappa shape index (κ1) is 30.5. The molecule has 0 spiro atoms. The average Bonchev–Trinajstić information content (AvgIpc) is 2.93. The molecule has 0 aliphatic heterocycles. The molecule has 0 aromatic heterocycles. The molecule has 3 rings (SSSR count). The van der Waals surface area contributed by atoms with E-state index in [9.17, 15) is 18.0 Å². The lowest BCUT2D eigenvalue weighted by atomic mass is 10.1. The summed E-state index contributed by atoms with van der Waals surface area (Å²) in [6, 6.07) is 20.9. The van der Waals surface area contributed by atoms with E-state index < -0.39 is 28.5 Å². The van der Waals surface area contributed by atoms with Crippen LogP contribution in [0.1, 0.15) is 32.8 Å². The Kier molecular flexibility index (Phi) is 10.8. The van der Waals surface area contributed by atoms with Crippen LogP contribution in [0, 0.1) is 0 Å². The van der Waals surface area contributed by atoms with E-state index in [1.165, 1.54) is 35.2 Å². The number of carbonyl (C=O) groups excluding carboxylic acids is 2. The molecular formula is C29H33Cl2N3O4S. The second-order valence-electron chi connectivity index (χ2n) is 9.24. The SMILES string of the molecule is CC[C@@H](C)NC(=O)[C@H](C)N(CCc1ccccc1)C(=O)CN(c1ccc(Cl)cc1Cl)S(=O)(=O)c1ccccc1. The first-order valence-corrected chi connectivity index (χ1v) is 14.9. The normalized spacial score (nSPS) is 12.8. The van der Waals surface area contributed by atoms with Crippen LogP contribution in [-0.4, -0.2) is 50.3 Å². The van der Waals surface area contributed by atoms with Crippen LogP contribution in [0.2, 0.25) is 10.0 Å². The molecule has 0 saturated heterocycles. The fraction of sp³-hybridized carbons (Fsp3) is 0.310. The topological polar surface area (TPSA) is 86.8 Å². The third-order valence-electron chi connectivity index (χ3n) is 6.44. The van der Waals surface area contributed by atoms with Crippen molar-refractivity contribution in [3.05, 3.63) is 94.5 Å². The molecule has 10 heteroatoms. The fourth-order valence-electron chi connectivity index (χ4n) is 3.95. The molecule has 0 aliphatic rings. The summed E-state index contributed by atoms with van der Waals surface area (Å²) >= 11 is 12.5. The van der Waals surface area contributed by atoms with Gasteiger partial charge in [0.05, 0.1) is 15.6 Å². The fourth-order valence-corrected chi connectivity index (χ4v) is 5.97. The van der Waals surface area contributed by atoms with Crippen LogP contribution in [-0.2, 0) is 26.0 Å². The number of carbonyl (C=O) groups is 2. The molecule has 2 atom stereocenters. The van der Waals surface area contributed by atoms with E-state index in [1.807, 2.05) is 44.2 Å². The number of sulfonamides is 1. The van der Waals surface area contributed by atoms with Gasteiger partial charge in [0.2, 0.25) is 11.8 Å². The number of anilines is 1. The minimum absolute atomic E-state index is 0.00205. The van der Waals surface area contributed by atoms with Crippen molar-refractivity contribution < 1.29 is 18.0 Å². The number of nitrogens with one attached hydrogen (secondary N) is 1. The molecule has 2 amide bonds. The van der Waals surface area contributed by atoms with E-state index >= 15 is 0 Å². The van der Waals surface area contributed by atoms with E-state index in [0.717, 1.165) is 16.3 Å². The summed E-state index contributed by atoms with van der Waals surface area (Å²) in [5, 5.41) is 3.32. The average molecular weight is 591 g/mol. The van der Waals surface area contributed by atoms with Crippen molar-refractivity contribution in [2.24, 2.45) is 0 Å². The van der Waals surface area contributed by atoms with Crippen molar-refractivity contribution in [2.45, 2.75) is 50.6 Å². The van der Waals surface area contributed by atoms with Gasteiger partial charge in [0.1, 0.15) is 12.6 Å². The summed E-state index contributed by atoms with van der Waals surface area (Å²) in [6.07, 6.45) is 1.22. The molecule has 7 nitrogen and oxygen atoms in total. The van der Waals surface area contributed by atoms with Crippen molar-refractivity contribution in [3.63, 3.8) is 0 Å². The van der Waals surface area contributed by atoms with Crippen LogP contribution in [0.15, 0.2) is 83.8 Å². The van der Waals surface area contributed by atoms with E-state index in [4.69, 9.17) is 23.2 Å². The molecule has 3 aromatic carbocycles. The highest BCUT2D eigenvalue weighted by molar-refractivity contribution is 7.92. The van der Waals surface area contributed by atoms with Crippen LogP contribution in [0.3, 0.4) is 0 Å². The van der Waals surface area contributed by atoms with Gasteiger partial charge in [0.15, 0.2) is 0 Å². The highest BCUT2D eigenvalue weighted by atomic mass is 35.5. The van der Waals surface area contributed by atoms with Crippen LogP contribution in [0.4, 0.5) is 5.69 Å². The lowest BCUT2D eigenvalue weighted by Gasteiger charge is -2.32. The van der Waals surface area contributed by atoms with Crippen molar-refractivity contribution in [1.29, 1.82) is 0 Å². The molecule has 0 heterocycles. The van der Waals surface area contributed by atoms with Crippen LogP contribution < -0.4 is 9.62 Å². The molecule has 208 valence electrons. The molecule has 0 bridgehead atoms. The number of hydrogen-bond acceptors (Lipinski definition) is 4. The van der Waals surface area contributed by atoms with Gasteiger partial charge in [-0.3, -0.25) is 13.9 Å². The van der Waals surface area contributed by atoms with Gasteiger partial charge >= 0.3 is 0 Å². The van der Waals surface area contributed by atoms with Gasteiger partial charge in [-0.1, -0.05) is 78.7 Å². The number of halogens is 2. The van der Waals surface area contributed by atoms with E-state index in [1.54, 1.807) is 25.1 Å². The lowest BCUT2D eigenvalue weighted by molar-refractivity contribution is -0.139.